The number of nitrogens with one attached hydrogen (secondary N) is 2. The van der Waals surface area contributed by atoms with Crippen molar-refractivity contribution in [2.24, 2.45) is 0 Å². The van der Waals surface area contributed by atoms with Crippen molar-refractivity contribution in [1.29, 1.82) is 0 Å². The second-order valence-corrected chi connectivity index (χ2v) is 4.87. The van der Waals surface area contributed by atoms with Crippen molar-refractivity contribution >= 4 is 5.91 Å². The number of alkyl halides is 2. The van der Waals surface area contributed by atoms with Crippen molar-refractivity contribution in [2.45, 2.75) is 38.7 Å². The molecule has 0 aliphatic heterocycles. The van der Waals surface area contributed by atoms with Gasteiger partial charge in [0.15, 0.2) is 0 Å². The van der Waals surface area contributed by atoms with Gasteiger partial charge >= 0.3 is 0 Å². The van der Waals surface area contributed by atoms with E-state index < -0.39 is 12.5 Å². The molecule has 0 spiro atoms. The van der Waals surface area contributed by atoms with Crippen LogP contribution in [0.3, 0.4) is 0 Å². The summed E-state index contributed by atoms with van der Waals surface area (Å²) in [6.45, 7) is 3.66. The number of rotatable bonds is 8. The highest BCUT2D eigenvalue weighted by Gasteiger charge is 2.30. The third-order valence-electron chi connectivity index (χ3n) is 3.09. The number of benzene rings is 1. The number of amides is 1. The summed E-state index contributed by atoms with van der Waals surface area (Å²) in [7, 11) is 0. The minimum Gasteiger partial charge on any atom is -0.354 e. The van der Waals surface area contributed by atoms with E-state index in [2.05, 4.69) is 10.6 Å². The maximum absolute atomic E-state index is 13.8. The Labute approximate surface area is 118 Å². The van der Waals surface area contributed by atoms with Gasteiger partial charge in [0.05, 0.1) is 6.54 Å². The Morgan fingerprint density at radius 1 is 1.30 bits per heavy atom. The lowest BCUT2D eigenvalue weighted by Gasteiger charge is -2.17. The van der Waals surface area contributed by atoms with Crippen molar-refractivity contribution in [3.8, 4) is 0 Å². The summed E-state index contributed by atoms with van der Waals surface area (Å²) in [5, 5.41) is 5.43. The molecule has 2 N–H and O–H groups in total. The number of hydrogen-bond acceptors (Lipinski definition) is 2. The van der Waals surface area contributed by atoms with Crippen LogP contribution in [0.15, 0.2) is 30.3 Å². The van der Waals surface area contributed by atoms with Crippen molar-refractivity contribution in [1.82, 2.24) is 10.6 Å². The van der Waals surface area contributed by atoms with Gasteiger partial charge in [0.2, 0.25) is 5.91 Å². The smallest absolute Gasteiger partial charge is 0.285 e. The van der Waals surface area contributed by atoms with Gasteiger partial charge in [-0.3, -0.25) is 4.79 Å². The summed E-state index contributed by atoms with van der Waals surface area (Å²) >= 11 is 0. The molecule has 5 heteroatoms. The molecule has 0 aromatic heterocycles. The van der Waals surface area contributed by atoms with Crippen LogP contribution < -0.4 is 10.6 Å². The highest BCUT2D eigenvalue weighted by atomic mass is 19.3. The Morgan fingerprint density at radius 2 is 1.95 bits per heavy atom. The zero-order chi connectivity index (χ0) is 15.0. The fourth-order valence-corrected chi connectivity index (χ4v) is 1.68. The van der Waals surface area contributed by atoms with E-state index in [4.69, 9.17) is 0 Å². The molecule has 0 heterocycles. The largest absolute Gasteiger partial charge is 0.354 e. The molecule has 0 radical (unpaired) electrons. The van der Waals surface area contributed by atoms with Crippen LogP contribution in [0.4, 0.5) is 8.78 Å². The van der Waals surface area contributed by atoms with Gasteiger partial charge in [0.1, 0.15) is 0 Å². The van der Waals surface area contributed by atoms with Crippen LogP contribution >= 0.6 is 0 Å². The quantitative estimate of drug-likeness (QED) is 0.721. The van der Waals surface area contributed by atoms with Crippen LogP contribution in [0.25, 0.3) is 0 Å². The Balaban J connectivity index is 2.29. The molecule has 3 nitrogen and oxygen atoms in total. The van der Waals surface area contributed by atoms with E-state index in [1.807, 2.05) is 13.8 Å². The number of carbonyl (C=O) groups excluding carboxylic acids is 1. The first-order valence-electron chi connectivity index (χ1n) is 6.89. The summed E-state index contributed by atoms with van der Waals surface area (Å²) in [5.41, 5.74) is -0.0171. The molecule has 0 saturated heterocycles. The van der Waals surface area contributed by atoms with Crippen LogP contribution in [0.5, 0.6) is 0 Å². The van der Waals surface area contributed by atoms with Crippen molar-refractivity contribution in [2.75, 3.05) is 13.1 Å². The lowest BCUT2D eigenvalue weighted by atomic mass is 10.1. The highest BCUT2D eigenvalue weighted by Crippen LogP contribution is 2.26. The van der Waals surface area contributed by atoms with E-state index in [0.717, 1.165) is 6.42 Å². The molecule has 0 aliphatic rings. The molecule has 1 atom stereocenters. The van der Waals surface area contributed by atoms with Gasteiger partial charge in [0.25, 0.3) is 5.92 Å². The summed E-state index contributed by atoms with van der Waals surface area (Å²) in [5.74, 6) is -3.04. The van der Waals surface area contributed by atoms with Gasteiger partial charge in [-0.1, -0.05) is 37.3 Å². The molecule has 0 bridgehead atoms. The first-order chi connectivity index (χ1) is 9.45. The van der Waals surface area contributed by atoms with Crippen LogP contribution in [0.2, 0.25) is 0 Å². The van der Waals surface area contributed by atoms with E-state index in [1.165, 1.54) is 12.1 Å². The first-order valence-corrected chi connectivity index (χ1v) is 6.89. The minimum atomic E-state index is -2.92. The van der Waals surface area contributed by atoms with Crippen molar-refractivity contribution in [3.05, 3.63) is 35.9 Å². The molecule has 0 aliphatic carbocycles. The lowest BCUT2D eigenvalue weighted by molar-refractivity contribution is -0.121. The van der Waals surface area contributed by atoms with Crippen LogP contribution in [0.1, 0.15) is 32.3 Å². The molecule has 0 fully saturated rings. The number of halogens is 2. The number of hydrogen-bond donors (Lipinski definition) is 2. The van der Waals surface area contributed by atoms with Gasteiger partial charge in [-0.15, -0.1) is 0 Å². The monoisotopic (exact) mass is 284 g/mol. The summed E-state index contributed by atoms with van der Waals surface area (Å²) in [4.78, 5) is 11.5. The lowest BCUT2D eigenvalue weighted by Crippen LogP contribution is -2.36. The fourth-order valence-electron chi connectivity index (χ4n) is 1.68. The molecule has 112 valence electrons. The van der Waals surface area contributed by atoms with Gasteiger partial charge in [-0.2, -0.15) is 8.78 Å². The second-order valence-electron chi connectivity index (χ2n) is 4.87. The standard InChI is InChI=1S/C15H22F2N2O/c1-3-12(2)19-14(20)9-10-18-11-15(16,17)13-7-5-4-6-8-13/h4-8,12,18H,3,9-11H2,1-2H3,(H,19,20). The van der Waals surface area contributed by atoms with Gasteiger partial charge in [0, 0.05) is 24.6 Å². The third-order valence-corrected chi connectivity index (χ3v) is 3.09. The van der Waals surface area contributed by atoms with E-state index in [-0.39, 0.29) is 30.5 Å². The fraction of sp³-hybridized carbons (Fsp3) is 0.533. The van der Waals surface area contributed by atoms with Crippen LogP contribution in [-0.4, -0.2) is 25.0 Å². The molecule has 0 saturated carbocycles. The van der Waals surface area contributed by atoms with E-state index in [9.17, 15) is 13.6 Å². The minimum absolute atomic E-state index is 0.0171. The Kier molecular flexibility index (Phi) is 6.58. The summed E-state index contributed by atoms with van der Waals surface area (Å²) in [6, 6.07) is 7.79. The zero-order valence-electron chi connectivity index (χ0n) is 12.0. The third kappa shape index (κ3) is 5.65. The molecule has 20 heavy (non-hydrogen) atoms. The summed E-state index contributed by atoms with van der Waals surface area (Å²) < 4.78 is 27.6. The van der Waals surface area contributed by atoms with E-state index in [0.29, 0.717) is 0 Å². The molecule has 1 rings (SSSR count). The Morgan fingerprint density at radius 3 is 2.55 bits per heavy atom. The molecular formula is C15H22F2N2O. The topological polar surface area (TPSA) is 41.1 Å². The maximum atomic E-state index is 13.8. The average molecular weight is 284 g/mol. The van der Waals surface area contributed by atoms with Crippen LogP contribution in [-0.2, 0) is 10.7 Å². The SMILES string of the molecule is CCC(C)NC(=O)CCNCC(F)(F)c1ccccc1. The first kappa shape index (κ1) is 16.6. The second kappa shape index (κ2) is 7.94. The predicted molar refractivity (Wildman–Crippen MR) is 75.7 cm³/mol. The number of carbonyl (C=O) groups is 1. The van der Waals surface area contributed by atoms with E-state index in [1.54, 1.807) is 18.2 Å². The van der Waals surface area contributed by atoms with E-state index >= 15 is 0 Å². The van der Waals surface area contributed by atoms with Crippen LogP contribution in [0, 0.1) is 0 Å². The van der Waals surface area contributed by atoms with Crippen molar-refractivity contribution in [3.63, 3.8) is 0 Å². The Hall–Kier alpha value is -1.49. The molecular weight excluding hydrogens is 262 g/mol. The normalized spacial score (nSPS) is 13.0. The molecule has 1 aromatic rings. The van der Waals surface area contributed by atoms with Gasteiger partial charge < -0.3 is 10.6 Å². The molecule has 1 aromatic carbocycles. The maximum Gasteiger partial charge on any atom is 0.285 e. The van der Waals surface area contributed by atoms with Gasteiger partial charge in [-0.25, -0.2) is 0 Å². The van der Waals surface area contributed by atoms with Crippen molar-refractivity contribution < 1.29 is 13.6 Å². The average Bonchev–Trinajstić information content (AvgIpc) is 2.44. The predicted octanol–water partition coefficient (Wildman–Crippen LogP) is 2.67. The van der Waals surface area contributed by atoms with Gasteiger partial charge in [-0.05, 0) is 13.3 Å². The highest BCUT2D eigenvalue weighted by molar-refractivity contribution is 5.76. The summed E-state index contributed by atoms with van der Waals surface area (Å²) in [6.07, 6.45) is 1.06. The zero-order valence-corrected chi connectivity index (χ0v) is 12.0. The Bertz CT molecular complexity index is 410. The molecule has 1 unspecified atom stereocenters. The molecule has 1 amide bonds.